The van der Waals surface area contributed by atoms with Crippen LogP contribution in [-0.4, -0.2) is 34.3 Å². The average molecular weight is 349 g/mol. The van der Waals surface area contributed by atoms with Crippen LogP contribution in [0.25, 0.3) is 0 Å². The first kappa shape index (κ1) is 17.0. The SMILES string of the molecule is Cc1c(C2CC(F)(F)C2)nn(C)c1NC(=O)OC1CC(C(F)F)C1. The summed E-state index contributed by atoms with van der Waals surface area (Å²) < 4.78 is 57.3. The minimum atomic E-state index is -2.65. The van der Waals surface area contributed by atoms with Crippen molar-refractivity contribution in [3.63, 3.8) is 0 Å². The van der Waals surface area contributed by atoms with E-state index in [1.165, 1.54) is 4.68 Å². The highest BCUT2D eigenvalue weighted by molar-refractivity contribution is 5.84. The van der Waals surface area contributed by atoms with Crippen molar-refractivity contribution in [2.45, 2.75) is 57.0 Å². The number of rotatable bonds is 4. The van der Waals surface area contributed by atoms with E-state index in [4.69, 9.17) is 4.74 Å². The molecular formula is C15H19F4N3O2. The van der Waals surface area contributed by atoms with Gasteiger partial charge in [-0.1, -0.05) is 0 Å². The van der Waals surface area contributed by atoms with Crippen molar-refractivity contribution < 1.29 is 27.1 Å². The maximum absolute atomic E-state index is 13.0. The smallest absolute Gasteiger partial charge is 0.413 e. The lowest BCUT2D eigenvalue weighted by Crippen LogP contribution is -2.38. The first-order valence-electron chi connectivity index (χ1n) is 7.83. The van der Waals surface area contributed by atoms with Gasteiger partial charge < -0.3 is 4.74 Å². The highest BCUT2D eigenvalue weighted by atomic mass is 19.3. The van der Waals surface area contributed by atoms with Gasteiger partial charge in [0.1, 0.15) is 11.9 Å². The Balaban J connectivity index is 1.57. The zero-order valence-electron chi connectivity index (χ0n) is 13.4. The monoisotopic (exact) mass is 349 g/mol. The summed E-state index contributed by atoms with van der Waals surface area (Å²) in [4.78, 5) is 11.9. The van der Waals surface area contributed by atoms with Crippen molar-refractivity contribution in [3.05, 3.63) is 11.3 Å². The molecule has 0 saturated heterocycles. The number of hydrogen-bond donors (Lipinski definition) is 1. The van der Waals surface area contributed by atoms with Crippen LogP contribution in [0.15, 0.2) is 0 Å². The Bertz CT molecular complexity index is 633. The van der Waals surface area contributed by atoms with Gasteiger partial charge in [-0.05, 0) is 19.8 Å². The molecular weight excluding hydrogens is 330 g/mol. The highest BCUT2D eigenvalue weighted by Crippen LogP contribution is 2.49. The summed E-state index contributed by atoms with van der Waals surface area (Å²) in [6, 6.07) is 0. The minimum absolute atomic E-state index is 0.151. The molecule has 1 aromatic rings. The third-order valence-electron chi connectivity index (χ3n) is 4.78. The fraction of sp³-hybridized carbons (Fsp3) is 0.733. The van der Waals surface area contributed by atoms with Crippen LogP contribution in [0.5, 0.6) is 0 Å². The molecule has 24 heavy (non-hydrogen) atoms. The van der Waals surface area contributed by atoms with Crippen LogP contribution in [0.1, 0.15) is 42.9 Å². The first-order chi connectivity index (χ1) is 11.2. The van der Waals surface area contributed by atoms with Gasteiger partial charge in [0.2, 0.25) is 12.3 Å². The van der Waals surface area contributed by atoms with E-state index in [2.05, 4.69) is 10.4 Å². The average Bonchev–Trinajstić information content (AvgIpc) is 2.67. The Hall–Kier alpha value is -1.80. The van der Waals surface area contributed by atoms with Gasteiger partial charge in [-0.15, -0.1) is 0 Å². The van der Waals surface area contributed by atoms with Crippen molar-refractivity contribution in [3.8, 4) is 0 Å². The number of anilines is 1. The molecule has 134 valence electrons. The van der Waals surface area contributed by atoms with E-state index in [1.54, 1.807) is 14.0 Å². The number of nitrogens with one attached hydrogen (secondary N) is 1. The Kier molecular flexibility index (Phi) is 4.21. The quantitative estimate of drug-likeness (QED) is 0.841. The molecule has 2 aliphatic carbocycles. The zero-order chi connectivity index (χ0) is 17.6. The Labute approximate surface area is 136 Å². The molecule has 0 aliphatic heterocycles. The largest absolute Gasteiger partial charge is 0.446 e. The summed E-state index contributed by atoms with van der Waals surface area (Å²) in [6.45, 7) is 1.70. The summed E-state index contributed by atoms with van der Waals surface area (Å²) in [7, 11) is 1.60. The predicted octanol–water partition coefficient (Wildman–Crippen LogP) is 3.83. The van der Waals surface area contributed by atoms with Crippen LogP contribution in [0, 0.1) is 12.8 Å². The lowest BCUT2D eigenvalue weighted by atomic mass is 9.78. The van der Waals surface area contributed by atoms with Crippen molar-refractivity contribution in [1.29, 1.82) is 0 Å². The van der Waals surface area contributed by atoms with Crippen LogP contribution in [-0.2, 0) is 11.8 Å². The Morgan fingerprint density at radius 2 is 2.00 bits per heavy atom. The zero-order valence-corrected chi connectivity index (χ0v) is 13.4. The first-order valence-corrected chi connectivity index (χ1v) is 7.83. The van der Waals surface area contributed by atoms with E-state index in [0.717, 1.165) is 0 Å². The number of carbonyl (C=O) groups excluding carboxylic acids is 1. The third-order valence-corrected chi connectivity index (χ3v) is 4.78. The van der Waals surface area contributed by atoms with E-state index in [9.17, 15) is 22.4 Å². The van der Waals surface area contributed by atoms with Crippen LogP contribution in [0.3, 0.4) is 0 Å². The van der Waals surface area contributed by atoms with Crippen molar-refractivity contribution >= 4 is 11.9 Å². The number of carbonyl (C=O) groups is 1. The Morgan fingerprint density at radius 1 is 1.38 bits per heavy atom. The second kappa shape index (κ2) is 5.93. The van der Waals surface area contributed by atoms with Crippen molar-refractivity contribution in [1.82, 2.24) is 9.78 Å². The molecule has 0 spiro atoms. The predicted molar refractivity (Wildman–Crippen MR) is 77.5 cm³/mol. The number of ether oxygens (including phenoxy) is 1. The van der Waals surface area contributed by atoms with Crippen LogP contribution in [0.2, 0.25) is 0 Å². The standard InChI is InChI=1S/C15H19F4N3O2/c1-7-11(9-5-15(18,19)6-9)21-22(2)13(7)20-14(23)24-10-3-8(4-10)12(16)17/h8-10,12H,3-6H2,1-2H3,(H,20,23). The summed E-state index contributed by atoms with van der Waals surface area (Å²) in [5.41, 5.74) is 1.16. The molecule has 3 rings (SSSR count). The molecule has 0 bridgehead atoms. The van der Waals surface area contributed by atoms with Crippen LogP contribution >= 0.6 is 0 Å². The number of aryl methyl sites for hydroxylation is 1. The van der Waals surface area contributed by atoms with Gasteiger partial charge >= 0.3 is 6.09 Å². The van der Waals surface area contributed by atoms with Gasteiger partial charge in [-0.2, -0.15) is 5.10 Å². The molecule has 2 fully saturated rings. The summed E-state index contributed by atoms with van der Waals surface area (Å²) in [5, 5.41) is 6.74. The summed E-state index contributed by atoms with van der Waals surface area (Å²) >= 11 is 0. The number of alkyl halides is 4. The van der Waals surface area contributed by atoms with Gasteiger partial charge in [0.05, 0.1) is 5.69 Å². The molecule has 5 nitrogen and oxygen atoms in total. The highest BCUT2D eigenvalue weighted by Gasteiger charge is 2.47. The third kappa shape index (κ3) is 3.21. The van der Waals surface area contributed by atoms with E-state index < -0.39 is 30.5 Å². The Morgan fingerprint density at radius 3 is 2.54 bits per heavy atom. The minimum Gasteiger partial charge on any atom is -0.446 e. The van der Waals surface area contributed by atoms with Gasteiger partial charge in [0.25, 0.3) is 0 Å². The second-order valence-electron chi connectivity index (χ2n) is 6.66. The molecule has 1 amide bonds. The number of aromatic nitrogens is 2. The molecule has 1 aromatic heterocycles. The van der Waals surface area contributed by atoms with Gasteiger partial charge in [0, 0.05) is 37.3 Å². The van der Waals surface area contributed by atoms with E-state index >= 15 is 0 Å². The molecule has 0 aromatic carbocycles. The number of nitrogens with zero attached hydrogens (tertiary/aromatic N) is 2. The normalized spacial score (nSPS) is 26.0. The second-order valence-corrected chi connectivity index (χ2v) is 6.66. The number of amides is 1. The van der Waals surface area contributed by atoms with Crippen LogP contribution in [0.4, 0.5) is 28.2 Å². The molecule has 9 heteroatoms. The molecule has 0 unspecified atom stereocenters. The fourth-order valence-electron chi connectivity index (χ4n) is 3.25. The molecule has 1 heterocycles. The maximum Gasteiger partial charge on any atom is 0.413 e. The van der Waals surface area contributed by atoms with E-state index in [0.29, 0.717) is 17.1 Å². The van der Waals surface area contributed by atoms with Gasteiger partial charge in [-0.25, -0.2) is 22.4 Å². The van der Waals surface area contributed by atoms with E-state index in [-0.39, 0.29) is 31.6 Å². The van der Waals surface area contributed by atoms with Crippen molar-refractivity contribution in [2.75, 3.05) is 5.32 Å². The van der Waals surface area contributed by atoms with Gasteiger partial charge in [-0.3, -0.25) is 10.00 Å². The molecule has 1 N–H and O–H groups in total. The number of hydrogen-bond acceptors (Lipinski definition) is 3. The molecule has 0 atom stereocenters. The fourth-order valence-corrected chi connectivity index (χ4v) is 3.25. The maximum atomic E-state index is 13.0. The molecule has 0 radical (unpaired) electrons. The molecule has 2 saturated carbocycles. The number of halogens is 4. The van der Waals surface area contributed by atoms with E-state index in [1.807, 2.05) is 0 Å². The molecule has 2 aliphatic rings. The topological polar surface area (TPSA) is 56.2 Å². The summed E-state index contributed by atoms with van der Waals surface area (Å²) in [5.74, 6) is -3.31. The van der Waals surface area contributed by atoms with Gasteiger partial charge in [0.15, 0.2) is 0 Å². The lowest BCUT2D eigenvalue weighted by molar-refractivity contribution is -0.0877. The van der Waals surface area contributed by atoms with Crippen molar-refractivity contribution in [2.24, 2.45) is 13.0 Å². The lowest BCUT2D eigenvalue weighted by Gasteiger charge is -2.34. The summed E-state index contributed by atoms with van der Waals surface area (Å²) in [6.07, 6.45) is -3.84. The van der Waals surface area contributed by atoms with Crippen LogP contribution < -0.4 is 5.32 Å².